The van der Waals surface area contributed by atoms with Gasteiger partial charge < -0.3 is 0 Å². The molecule has 2 heterocycles. The number of thiazole rings is 1. The second kappa shape index (κ2) is 5.46. The van der Waals surface area contributed by atoms with Gasteiger partial charge in [0.1, 0.15) is 11.6 Å². The van der Waals surface area contributed by atoms with Crippen molar-refractivity contribution in [1.29, 1.82) is 0 Å². The van der Waals surface area contributed by atoms with Crippen LogP contribution < -0.4 is 0 Å². The number of fused-ring (bicyclic) bond motifs is 1. The number of ketones is 1. The third-order valence-electron chi connectivity index (χ3n) is 3.25. The van der Waals surface area contributed by atoms with Crippen LogP contribution in [0.5, 0.6) is 0 Å². The molecule has 1 aromatic carbocycles. The predicted molar refractivity (Wildman–Crippen MR) is 82.3 cm³/mol. The number of hydrogen-bond acceptors (Lipinski definition) is 3. The van der Waals surface area contributed by atoms with Gasteiger partial charge in [0.2, 0.25) is 0 Å². The third-order valence-corrected chi connectivity index (χ3v) is 4.15. The first-order chi connectivity index (χ1) is 10.5. The molecule has 0 unspecified atom stereocenters. The fraction of sp³-hybridized carbons (Fsp3) is 0.125. The summed E-state index contributed by atoms with van der Waals surface area (Å²) in [6, 6.07) is 2.91. The molecule has 3 nitrogen and oxygen atoms in total. The van der Waals surface area contributed by atoms with Crippen LogP contribution in [0.15, 0.2) is 30.5 Å². The molecule has 6 heteroatoms. The molecule has 0 radical (unpaired) electrons. The monoisotopic (exact) mass is 318 g/mol. The number of benzene rings is 1. The number of aryl methyl sites for hydroxylation is 2. The number of carbonyl (C=O) groups is 1. The van der Waals surface area contributed by atoms with Crippen molar-refractivity contribution in [1.82, 2.24) is 9.38 Å². The second-order valence-corrected chi connectivity index (χ2v) is 6.11. The maximum atomic E-state index is 13.6. The summed E-state index contributed by atoms with van der Waals surface area (Å²) in [4.78, 5) is 18.4. The van der Waals surface area contributed by atoms with Crippen molar-refractivity contribution in [3.63, 3.8) is 0 Å². The summed E-state index contributed by atoms with van der Waals surface area (Å²) >= 11 is 1.55. The van der Waals surface area contributed by atoms with E-state index in [-0.39, 0.29) is 5.56 Å². The molecule has 0 aliphatic carbocycles. The topological polar surface area (TPSA) is 34.4 Å². The molecule has 0 amide bonds. The minimum atomic E-state index is -0.865. The first-order valence-corrected chi connectivity index (χ1v) is 7.40. The highest BCUT2D eigenvalue weighted by atomic mass is 32.1. The molecular weight excluding hydrogens is 306 g/mol. The van der Waals surface area contributed by atoms with E-state index in [2.05, 4.69) is 4.98 Å². The molecule has 0 N–H and O–H groups in total. The van der Waals surface area contributed by atoms with Gasteiger partial charge in [-0.05, 0) is 38.1 Å². The van der Waals surface area contributed by atoms with Gasteiger partial charge in [0.15, 0.2) is 10.7 Å². The van der Waals surface area contributed by atoms with E-state index >= 15 is 0 Å². The largest absolute Gasteiger partial charge is 0.290 e. The molecule has 0 bridgehead atoms. The number of nitrogens with zero attached hydrogens (tertiary/aromatic N) is 2. The van der Waals surface area contributed by atoms with Crippen molar-refractivity contribution in [2.24, 2.45) is 0 Å². The minimum absolute atomic E-state index is 0.155. The van der Waals surface area contributed by atoms with Gasteiger partial charge >= 0.3 is 0 Å². The van der Waals surface area contributed by atoms with Crippen LogP contribution in [0.25, 0.3) is 11.0 Å². The summed E-state index contributed by atoms with van der Waals surface area (Å²) in [7, 11) is 0. The van der Waals surface area contributed by atoms with Gasteiger partial charge in [-0.1, -0.05) is 0 Å². The van der Waals surface area contributed by atoms with Crippen molar-refractivity contribution in [2.75, 3.05) is 0 Å². The van der Waals surface area contributed by atoms with Crippen molar-refractivity contribution in [2.45, 2.75) is 13.8 Å². The Labute approximate surface area is 129 Å². The molecule has 0 saturated heterocycles. The fourth-order valence-corrected chi connectivity index (χ4v) is 3.09. The van der Waals surface area contributed by atoms with Crippen LogP contribution in [0, 0.1) is 25.5 Å². The van der Waals surface area contributed by atoms with Gasteiger partial charge in [0, 0.05) is 17.1 Å². The van der Waals surface area contributed by atoms with Gasteiger partial charge in [-0.25, -0.2) is 13.8 Å². The van der Waals surface area contributed by atoms with E-state index in [1.54, 1.807) is 17.4 Å². The summed E-state index contributed by atoms with van der Waals surface area (Å²) in [6.07, 6.45) is 4.81. The highest BCUT2D eigenvalue weighted by molar-refractivity contribution is 7.17. The van der Waals surface area contributed by atoms with Crippen LogP contribution in [-0.4, -0.2) is 15.2 Å². The molecule has 0 atom stereocenters. The smallest absolute Gasteiger partial charge is 0.194 e. The predicted octanol–water partition coefficient (Wildman–Crippen LogP) is 4.19. The van der Waals surface area contributed by atoms with E-state index in [9.17, 15) is 13.6 Å². The Morgan fingerprint density at radius 1 is 1.32 bits per heavy atom. The lowest BCUT2D eigenvalue weighted by Crippen LogP contribution is -1.99. The Hall–Kier alpha value is -2.34. The number of hydrogen-bond donors (Lipinski definition) is 0. The van der Waals surface area contributed by atoms with Crippen molar-refractivity contribution < 1.29 is 13.6 Å². The fourth-order valence-electron chi connectivity index (χ4n) is 2.22. The van der Waals surface area contributed by atoms with Crippen LogP contribution in [0.2, 0.25) is 0 Å². The lowest BCUT2D eigenvalue weighted by molar-refractivity contribution is 0.104. The standard InChI is InChI=1S/C16H12F2N2OS/c1-9-8-20-14(10(2)19-16(20)22-9)5-6-15(21)12-4-3-11(17)7-13(12)18/h3-8H,1-2H3. The van der Waals surface area contributed by atoms with Crippen LogP contribution >= 0.6 is 11.3 Å². The summed E-state index contributed by atoms with van der Waals surface area (Å²) in [5, 5.41) is 0. The van der Waals surface area contributed by atoms with Gasteiger partial charge in [-0.15, -0.1) is 11.3 Å². The highest BCUT2D eigenvalue weighted by Gasteiger charge is 2.12. The van der Waals surface area contributed by atoms with Crippen LogP contribution in [0.1, 0.15) is 26.6 Å². The Morgan fingerprint density at radius 3 is 2.82 bits per heavy atom. The molecule has 0 aliphatic heterocycles. The SMILES string of the molecule is Cc1cn2c(C=CC(=O)c3ccc(F)cc3F)c(C)nc2s1. The first-order valence-electron chi connectivity index (χ1n) is 6.58. The van der Waals surface area contributed by atoms with Crippen molar-refractivity contribution >= 4 is 28.2 Å². The Balaban J connectivity index is 1.95. The number of allylic oxidation sites excluding steroid dienone is 1. The van der Waals surface area contributed by atoms with Gasteiger partial charge in [-0.3, -0.25) is 9.20 Å². The summed E-state index contributed by atoms with van der Waals surface area (Å²) in [5.74, 6) is -2.09. The molecule has 0 fully saturated rings. The van der Waals surface area contributed by atoms with Crippen molar-refractivity contribution in [3.8, 4) is 0 Å². The average molecular weight is 318 g/mol. The van der Waals surface area contributed by atoms with Gasteiger partial charge in [-0.2, -0.15) is 0 Å². The lowest BCUT2D eigenvalue weighted by atomic mass is 10.1. The van der Waals surface area contributed by atoms with Crippen LogP contribution in [0.3, 0.4) is 0 Å². The number of halogens is 2. The zero-order valence-electron chi connectivity index (χ0n) is 11.9. The van der Waals surface area contributed by atoms with E-state index in [1.165, 1.54) is 6.08 Å². The molecular formula is C16H12F2N2OS. The average Bonchev–Trinajstić information content (AvgIpc) is 2.91. The number of rotatable bonds is 3. The Kier molecular flexibility index (Phi) is 3.62. The molecule has 112 valence electrons. The van der Waals surface area contributed by atoms with E-state index in [0.29, 0.717) is 6.07 Å². The second-order valence-electron chi connectivity index (χ2n) is 4.90. The number of aromatic nitrogens is 2. The molecule has 2 aromatic heterocycles. The van der Waals surface area contributed by atoms with Crippen LogP contribution in [0.4, 0.5) is 8.78 Å². The normalized spacial score (nSPS) is 11.6. The highest BCUT2D eigenvalue weighted by Crippen LogP contribution is 2.22. The zero-order chi connectivity index (χ0) is 15.9. The maximum absolute atomic E-state index is 13.6. The maximum Gasteiger partial charge on any atom is 0.194 e. The van der Waals surface area contributed by atoms with Gasteiger partial charge in [0.25, 0.3) is 0 Å². The zero-order valence-corrected chi connectivity index (χ0v) is 12.7. The minimum Gasteiger partial charge on any atom is -0.290 e. The molecule has 22 heavy (non-hydrogen) atoms. The van der Waals surface area contributed by atoms with E-state index in [4.69, 9.17) is 0 Å². The van der Waals surface area contributed by atoms with Crippen LogP contribution in [-0.2, 0) is 0 Å². The summed E-state index contributed by atoms with van der Waals surface area (Å²) in [6.45, 7) is 3.82. The summed E-state index contributed by atoms with van der Waals surface area (Å²) < 4.78 is 28.4. The quantitative estimate of drug-likeness (QED) is 0.536. The number of imidazole rings is 1. The Bertz CT molecular complexity index is 908. The number of carbonyl (C=O) groups excluding carboxylic acids is 1. The third kappa shape index (κ3) is 2.57. The Morgan fingerprint density at radius 2 is 2.09 bits per heavy atom. The van der Waals surface area contributed by atoms with E-state index in [0.717, 1.165) is 33.4 Å². The molecule has 3 rings (SSSR count). The molecule has 0 spiro atoms. The molecule has 0 aliphatic rings. The first kappa shape index (κ1) is 14.6. The summed E-state index contributed by atoms with van der Waals surface area (Å²) in [5.41, 5.74) is 1.41. The van der Waals surface area contributed by atoms with Crippen molar-refractivity contribution in [3.05, 3.63) is 63.9 Å². The molecule has 0 saturated carbocycles. The molecule has 3 aromatic rings. The lowest BCUT2D eigenvalue weighted by Gasteiger charge is -1.98. The van der Waals surface area contributed by atoms with E-state index in [1.807, 2.05) is 24.4 Å². The van der Waals surface area contributed by atoms with Gasteiger partial charge in [0.05, 0.1) is 17.0 Å². The van der Waals surface area contributed by atoms with E-state index < -0.39 is 17.4 Å².